The number of ether oxygens (including phenoxy) is 4. The summed E-state index contributed by atoms with van der Waals surface area (Å²) in [7, 11) is 0. The van der Waals surface area contributed by atoms with Crippen molar-refractivity contribution in [1.82, 2.24) is 5.32 Å². The number of amides is 1. The lowest BCUT2D eigenvalue weighted by Gasteiger charge is -2.21. The fourth-order valence-electron chi connectivity index (χ4n) is 1.57. The van der Waals surface area contributed by atoms with Crippen molar-refractivity contribution in [3.05, 3.63) is 0 Å². The normalized spacial score (nSPS) is 12.7. The molecular formula is C23H44N2O11. The Morgan fingerprint density at radius 2 is 1.06 bits per heavy atom. The van der Waals surface area contributed by atoms with Gasteiger partial charge in [-0.25, -0.2) is 19.2 Å². The average molecular weight is 525 g/mol. The van der Waals surface area contributed by atoms with E-state index in [9.17, 15) is 24.0 Å². The van der Waals surface area contributed by atoms with Crippen molar-refractivity contribution in [2.75, 3.05) is 0 Å². The third-order valence-electron chi connectivity index (χ3n) is 3.10. The number of nitrogens with two attached hydrogens (primary N) is 1. The van der Waals surface area contributed by atoms with Gasteiger partial charge >= 0.3 is 30.3 Å². The highest BCUT2D eigenvalue weighted by atomic mass is 16.8. The summed E-state index contributed by atoms with van der Waals surface area (Å²) < 4.78 is 18.7. The van der Waals surface area contributed by atoms with E-state index in [1.54, 1.807) is 76.2 Å². The maximum absolute atomic E-state index is 11.1. The summed E-state index contributed by atoms with van der Waals surface area (Å²) in [5.74, 6) is -1.99. The van der Waals surface area contributed by atoms with Gasteiger partial charge in [0.15, 0.2) is 0 Å². The first-order valence-corrected chi connectivity index (χ1v) is 11.3. The highest BCUT2D eigenvalue weighted by Gasteiger charge is 2.24. The van der Waals surface area contributed by atoms with Crippen LogP contribution < -0.4 is 11.1 Å². The van der Waals surface area contributed by atoms with Crippen LogP contribution >= 0.6 is 0 Å². The smallest absolute Gasteiger partial charge is 0.480 e. The van der Waals surface area contributed by atoms with Gasteiger partial charge in [-0.2, -0.15) is 0 Å². The largest absolute Gasteiger partial charge is 0.519 e. The number of aliphatic carboxylic acids is 2. The van der Waals surface area contributed by atoms with Crippen LogP contribution in [0.2, 0.25) is 0 Å². The predicted octanol–water partition coefficient (Wildman–Crippen LogP) is 4.06. The molecule has 0 aromatic rings. The fraction of sp³-hybridized carbons (Fsp3) is 0.783. The lowest BCUT2D eigenvalue weighted by Crippen LogP contribution is -2.43. The number of carboxylic acids is 2. The minimum absolute atomic E-state index is 0.328. The topological polar surface area (TPSA) is 201 Å². The third kappa shape index (κ3) is 27.2. The first-order valence-electron chi connectivity index (χ1n) is 11.3. The Morgan fingerprint density at radius 3 is 1.25 bits per heavy atom. The molecule has 0 spiro atoms. The molecule has 0 saturated heterocycles. The van der Waals surface area contributed by atoms with Crippen molar-refractivity contribution in [2.24, 2.45) is 5.73 Å². The monoisotopic (exact) mass is 524 g/mol. The molecule has 5 N–H and O–H groups in total. The maximum Gasteiger partial charge on any atom is 0.519 e. The van der Waals surface area contributed by atoms with Crippen LogP contribution in [0.3, 0.4) is 0 Å². The second kappa shape index (κ2) is 16.6. The van der Waals surface area contributed by atoms with Crippen LogP contribution in [-0.4, -0.2) is 69.4 Å². The Labute approximate surface area is 213 Å². The Balaban J connectivity index is -0.000000483. The van der Waals surface area contributed by atoms with Gasteiger partial charge in [0, 0.05) is 0 Å². The van der Waals surface area contributed by atoms with Crippen molar-refractivity contribution in [1.29, 1.82) is 0 Å². The third-order valence-corrected chi connectivity index (χ3v) is 3.10. The summed E-state index contributed by atoms with van der Waals surface area (Å²) in [5, 5.41) is 19.0. The molecule has 0 unspecified atom stereocenters. The summed E-state index contributed by atoms with van der Waals surface area (Å²) in [6.07, 6.45) is -2.00. The Hall–Kier alpha value is -3.09. The van der Waals surface area contributed by atoms with Gasteiger partial charge in [-0.05, 0) is 75.2 Å². The summed E-state index contributed by atoms with van der Waals surface area (Å²) in [5.41, 5.74) is 3.02. The van der Waals surface area contributed by atoms with Crippen LogP contribution in [0.15, 0.2) is 0 Å². The van der Waals surface area contributed by atoms with Gasteiger partial charge in [0.2, 0.25) is 0 Å². The number of carbonyl (C=O) groups is 5. The van der Waals surface area contributed by atoms with Crippen molar-refractivity contribution in [3.63, 3.8) is 0 Å². The fourth-order valence-corrected chi connectivity index (χ4v) is 1.57. The summed E-state index contributed by atoms with van der Waals surface area (Å²) >= 11 is 0. The average Bonchev–Trinajstić information content (AvgIpc) is 2.61. The molecule has 0 bridgehead atoms. The molecule has 0 aliphatic heterocycles. The van der Waals surface area contributed by atoms with Crippen LogP contribution in [0.4, 0.5) is 14.4 Å². The van der Waals surface area contributed by atoms with Crippen molar-refractivity contribution < 1.29 is 53.1 Å². The molecule has 0 saturated carbocycles. The van der Waals surface area contributed by atoms with Gasteiger partial charge in [0.05, 0.1) is 0 Å². The highest BCUT2D eigenvalue weighted by molar-refractivity contribution is 5.80. The molecule has 2 atom stereocenters. The van der Waals surface area contributed by atoms with Gasteiger partial charge in [0.25, 0.3) is 0 Å². The van der Waals surface area contributed by atoms with Crippen molar-refractivity contribution >= 4 is 30.3 Å². The van der Waals surface area contributed by atoms with E-state index in [2.05, 4.69) is 10.1 Å². The van der Waals surface area contributed by atoms with E-state index >= 15 is 0 Å². The van der Waals surface area contributed by atoms with Gasteiger partial charge < -0.3 is 40.2 Å². The van der Waals surface area contributed by atoms with Crippen LogP contribution in [0.25, 0.3) is 0 Å². The molecule has 0 fully saturated rings. The number of hydrogen-bond donors (Lipinski definition) is 4. The van der Waals surface area contributed by atoms with E-state index in [0.717, 1.165) is 0 Å². The summed E-state index contributed by atoms with van der Waals surface area (Å²) in [6, 6.07) is -1.56. The van der Waals surface area contributed by atoms with Crippen LogP contribution in [-0.2, 0) is 28.5 Å². The molecule has 212 valence electrons. The minimum Gasteiger partial charge on any atom is -0.480 e. The van der Waals surface area contributed by atoms with Crippen LogP contribution in [0.5, 0.6) is 0 Å². The zero-order chi connectivity index (χ0) is 29.5. The Bertz CT molecular complexity index is 691. The number of nitrogens with one attached hydrogen (secondary N) is 1. The SMILES string of the molecule is CC(C)(C)OC(=O)OC(=O)OC(C)(C)C.CC[C@@H](N)C(=O)O.CC[C@@H](NC(=O)OC(C)(C)C)C(=O)O. The van der Waals surface area contributed by atoms with Crippen LogP contribution in [0, 0.1) is 0 Å². The molecule has 0 radical (unpaired) electrons. The number of rotatable bonds is 5. The lowest BCUT2D eigenvalue weighted by molar-refractivity contribution is -0.140. The first-order chi connectivity index (χ1) is 15.9. The van der Waals surface area contributed by atoms with Crippen LogP contribution in [0.1, 0.15) is 89.0 Å². The second-order valence-corrected chi connectivity index (χ2v) is 10.3. The van der Waals surface area contributed by atoms with E-state index in [-0.39, 0.29) is 0 Å². The second-order valence-electron chi connectivity index (χ2n) is 10.3. The summed E-state index contributed by atoms with van der Waals surface area (Å²) in [6.45, 7) is 18.6. The summed E-state index contributed by atoms with van der Waals surface area (Å²) in [4.78, 5) is 53.5. The molecule has 13 nitrogen and oxygen atoms in total. The van der Waals surface area contributed by atoms with Crippen molar-refractivity contribution in [3.8, 4) is 0 Å². The van der Waals surface area contributed by atoms with E-state index in [0.29, 0.717) is 12.8 Å². The molecule has 1 amide bonds. The quantitative estimate of drug-likeness (QED) is 0.228. The molecule has 0 aromatic carbocycles. The Morgan fingerprint density at radius 1 is 0.694 bits per heavy atom. The van der Waals surface area contributed by atoms with Gasteiger partial charge in [0.1, 0.15) is 28.9 Å². The van der Waals surface area contributed by atoms with E-state index in [1.165, 1.54) is 0 Å². The van der Waals surface area contributed by atoms with E-state index in [4.69, 9.17) is 30.2 Å². The molecule has 0 aliphatic carbocycles. The number of alkyl carbamates (subject to hydrolysis) is 1. The molecule has 0 aromatic heterocycles. The van der Waals surface area contributed by atoms with Gasteiger partial charge in [-0.15, -0.1) is 0 Å². The lowest BCUT2D eigenvalue weighted by atomic mass is 10.2. The van der Waals surface area contributed by atoms with E-state index < -0.39 is 59.2 Å². The molecule has 0 heterocycles. The predicted molar refractivity (Wildman–Crippen MR) is 131 cm³/mol. The number of hydrogen-bond acceptors (Lipinski definition) is 10. The molecule has 13 heteroatoms. The molecule has 0 rings (SSSR count). The zero-order valence-electron chi connectivity index (χ0n) is 23.2. The van der Waals surface area contributed by atoms with Gasteiger partial charge in [-0.1, -0.05) is 13.8 Å². The van der Waals surface area contributed by atoms with E-state index in [1.807, 2.05) is 0 Å². The van der Waals surface area contributed by atoms with Crippen molar-refractivity contribution in [2.45, 2.75) is 118 Å². The molecular weight excluding hydrogens is 480 g/mol. The number of carbonyl (C=O) groups excluding carboxylic acids is 3. The molecule has 0 aliphatic rings. The number of carboxylic acid groups (broad SMARTS) is 2. The zero-order valence-corrected chi connectivity index (χ0v) is 23.2. The Kier molecular flexibility index (Phi) is 17.2. The first kappa shape index (κ1) is 37.5. The van der Waals surface area contributed by atoms with Gasteiger partial charge in [-0.3, -0.25) is 4.79 Å². The minimum atomic E-state index is -1.06. The highest BCUT2D eigenvalue weighted by Crippen LogP contribution is 2.11. The molecule has 36 heavy (non-hydrogen) atoms. The standard InChI is InChI=1S/C10H18O5.C9H17NO4.C4H9NO2/c1-9(2,3)14-7(11)13-8(12)15-10(4,5)6;1-5-6(7(11)12)10-8(13)14-9(2,3)4;1-2-3(5)4(6)7/h1-6H3;6H,5H2,1-4H3,(H,10,13)(H,11,12);3H,2,5H2,1H3,(H,6,7)/t;6-;3-/m.11/s1. The maximum atomic E-state index is 11.1.